The number of hydrogen-bond acceptors (Lipinski definition) is 2. The molecule has 1 fully saturated rings. The van der Waals surface area contributed by atoms with Gasteiger partial charge in [0.15, 0.2) is 0 Å². The highest BCUT2D eigenvalue weighted by Crippen LogP contribution is 2.35. The van der Waals surface area contributed by atoms with Gasteiger partial charge < -0.3 is 10.6 Å². The van der Waals surface area contributed by atoms with E-state index >= 15 is 0 Å². The van der Waals surface area contributed by atoms with Gasteiger partial charge in [0, 0.05) is 5.02 Å². The maximum Gasteiger partial charge on any atom is 0.234 e. The molecule has 0 heterocycles. The third kappa shape index (κ3) is 5.50. The average Bonchev–Trinajstić information content (AvgIpc) is 2.46. The quantitative estimate of drug-likeness (QED) is 0.863. The van der Waals surface area contributed by atoms with E-state index in [9.17, 15) is 4.79 Å². The summed E-state index contributed by atoms with van der Waals surface area (Å²) < 4.78 is 0. The van der Waals surface area contributed by atoms with E-state index in [1.807, 2.05) is 18.2 Å². The first-order valence-corrected chi connectivity index (χ1v) is 7.78. The molecular formula is C16H24Cl2N2O. The van der Waals surface area contributed by atoms with Crippen molar-refractivity contribution in [2.75, 3.05) is 13.6 Å². The Morgan fingerprint density at radius 2 is 2.05 bits per heavy atom. The van der Waals surface area contributed by atoms with Gasteiger partial charge in [0.25, 0.3) is 0 Å². The molecule has 0 bridgehead atoms. The van der Waals surface area contributed by atoms with Crippen molar-refractivity contribution in [2.24, 2.45) is 5.92 Å². The van der Waals surface area contributed by atoms with Crippen LogP contribution in [0.15, 0.2) is 24.3 Å². The Morgan fingerprint density at radius 1 is 1.33 bits per heavy atom. The van der Waals surface area contributed by atoms with E-state index in [-0.39, 0.29) is 24.4 Å². The van der Waals surface area contributed by atoms with Crippen molar-refractivity contribution in [3.63, 3.8) is 0 Å². The molecule has 5 heteroatoms. The van der Waals surface area contributed by atoms with E-state index in [1.54, 1.807) is 7.05 Å². The first-order valence-electron chi connectivity index (χ1n) is 7.40. The fourth-order valence-corrected chi connectivity index (χ4v) is 3.22. The number of benzene rings is 1. The largest absolute Gasteiger partial charge is 0.348 e. The Balaban J connectivity index is 0.00000220. The van der Waals surface area contributed by atoms with Gasteiger partial charge in [-0.1, -0.05) is 43.0 Å². The fraction of sp³-hybridized carbons (Fsp3) is 0.562. The predicted molar refractivity (Wildman–Crippen MR) is 90.1 cm³/mol. The predicted octanol–water partition coefficient (Wildman–Crippen LogP) is 3.72. The van der Waals surface area contributed by atoms with Crippen molar-refractivity contribution in [3.8, 4) is 0 Å². The van der Waals surface area contributed by atoms with Gasteiger partial charge in [-0.3, -0.25) is 4.79 Å². The van der Waals surface area contributed by atoms with Crippen molar-refractivity contribution in [2.45, 2.75) is 38.1 Å². The van der Waals surface area contributed by atoms with Crippen molar-refractivity contribution in [1.82, 2.24) is 10.6 Å². The molecule has 1 aromatic carbocycles. The van der Waals surface area contributed by atoms with Crippen LogP contribution in [-0.4, -0.2) is 19.5 Å². The van der Waals surface area contributed by atoms with Crippen molar-refractivity contribution in [3.05, 3.63) is 34.9 Å². The minimum absolute atomic E-state index is 0. The molecule has 1 unspecified atom stereocenters. The van der Waals surface area contributed by atoms with Gasteiger partial charge in [0.2, 0.25) is 5.91 Å². The topological polar surface area (TPSA) is 41.1 Å². The summed E-state index contributed by atoms with van der Waals surface area (Å²) in [4.78, 5) is 11.9. The number of carbonyl (C=O) groups is 1. The number of rotatable bonds is 5. The van der Waals surface area contributed by atoms with E-state index in [1.165, 1.54) is 32.1 Å². The second-order valence-electron chi connectivity index (χ2n) is 5.53. The molecule has 0 saturated heterocycles. The normalized spacial score (nSPS) is 16.9. The molecule has 1 aromatic rings. The molecule has 2 N–H and O–H groups in total. The molecule has 1 amide bonds. The van der Waals surface area contributed by atoms with Crippen LogP contribution in [0.1, 0.15) is 43.7 Å². The second kappa shape index (κ2) is 9.29. The van der Waals surface area contributed by atoms with E-state index in [4.69, 9.17) is 11.6 Å². The van der Waals surface area contributed by atoms with Crippen LogP contribution in [0.3, 0.4) is 0 Å². The molecule has 2 rings (SSSR count). The summed E-state index contributed by atoms with van der Waals surface area (Å²) >= 11 is 6.10. The van der Waals surface area contributed by atoms with Gasteiger partial charge in [0.1, 0.15) is 0 Å². The van der Waals surface area contributed by atoms with Gasteiger partial charge in [0.05, 0.1) is 12.6 Å². The van der Waals surface area contributed by atoms with Crippen LogP contribution in [0.2, 0.25) is 5.02 Å². The number of likely N-dealkylation sites (N-methyl/N-ethyl adjacent to an activating group) is 1. The first-order chi connectivity index (χ1) is 9.70. The molecule has 0 aromatic heterocycles. The molecule has 21 heavy (non-hydrogen) atoms. The Morgan fingerprint density at radius 3 is 2.67 bits per heavy atom. The molecule has 0 spiro atoms. The molecule has 0 aliphatic heterocycles. The van der Waals surface area contributed by atoms with E-state index in [0.29, 0.717) is 12.5 Å². The SMILES string of the molecule is CNCC(=O)NC(c1cccc(Cl)c1)C1CCCCC1.Cl. The zero-order chi connectivity index (χ0) is 14.4. The van der Waals surface area contributed by atoms with Crippen LogP contribution in [0.25, 0.3) is 0 Å². The minimum Gasteiger partial charge on any atom is -0.348 e. The summed E-state index contributed by atoms with van der Waals surface area (Å²) in [6.07, 6.45) is 6.17. The highest BCUT2D eigenvalue weighted by molar-refractivity contribution is 6.30. The summed E-state index contributed by atoms with van der Waals surface area (Å²) in [6.45, 7) is 0.351. The Hall–Kier alpha value is -0.770. The number of carbonyl (C=O) groups excluding carboxylic acids is 1. The first kappa shape index (κ1) is 18.3. The zero-order valence-electron chi connectivity index (χ0n) is 12.4. The van der Waals surface area contributed by atoms with Crippen LogP contribution in [0, 0.1) is 5.92 Å². The highest BCUT2D eigenvalue weighted by atomic mass is 35.5. The molecule has 0 radical (unpaired) electrons. The monoisotopic (exact) mass is 330 g/mol. The molecule has 1 aliphatic carbocycles. The van der Waals surface area contributed by atoms with Gasteiger partial charge in [-0.25, -0.2) is 0 Å². The van der Waals surface area contributed by atoms with Crippen LogP contribution in [-0.2, 0) is 4.79 Å². The summed E-state index contributed by atoms with van der Waals surface area (Å²) in [7, 11) is 1.79. The van der Waals surface area contributed by atoms with Crippen LogP contribution < -0.4 is 10.6 Å². The van der Waals surface area contributed by atoms with Crippen molar-refractivity contribution < 1.29 is 4.79 Å². The van der Waals surface area contributed by atoms with Crippen LogP contribution in [0.4, 0.5) is 0 Å². The lowest BCUT2D eigenvalue weighted by atomic mass is 9.81. The molecule has 3 nitrogen and oxygen atoms in total. The lowest BCUT2D eigenvalue weighted by molar-refractivity contribution is -0.121. The smallest absolute Gasteiger partial charge is 0.234 e. The Bertz CT molecular complexity index is 448. The maximum atomic E-state index is 11.9. The molecular weight excluding hydrogens is 307 g/mol. The summed E-state index contributed by atoms with van der Waals surface area (Å²) in [5, 5.41) is 6.80. The molecule has 118 valence electrons. The Kier molecular flexibility index (Phi) is 8.09. The average molecular weight is 331 g/mol. The molecule has 1 aliphatic rings. The van der Waals surface area contributed by atoms with Crippen LogP contribution >= 0.6 is 24.0 Å². The highest BCUT2D eigenvalue weighted by Gasteiger charge is 2.26. The minimum atomic E-state index is 0. The van der Waals surface area contributed by atoms with Crippen molar-refractivity contribution in [1.29, 1.82) is 0 Å². The summed E-state index contributed by atoms with van der Waals surface area (Å²) in [5.74, 6) is 0.561. The molecule has 1 saturated carbocycles. The van der Waals surface area contributed by atoms with E-state index in [2.05, 4.69) is 16.7 Å². The van der Waals surface area contributed by atoms with Gasteiger partial charge in [-0.15, -0.1) is 12.4 Å². The van der Waals surface area contributed by atoms with E-state index < -0.39 is 0 Å². The fourth-order valence-electron chi connectivity index (χ4n) is 3.03. The lowest BCUT2D eigenvalue weighted by Crippen LogP contribution is -2.38. The standard InChI is InChI=1S/C16H23ClN2O.ClH/c1-18-11-15(20)19-16(12-6-3-2-4-7-12)13-8-5-9-14(17)10-13;/h5,8-10,12,16,18H,2-4,6-7,11H2,1H3,(H,19,20);1H. The van der Waals surface area contributed by atoms with Crippen LogP contribution in [0.5, 0.6) is 0 Å². The number of amides is 1. The number of hydrogen-bond donors (Lipinski definition) is 2. The third-order valence-corrected chi connectivity index (χ3v) is 4.22. The summed E-state index contributed by atoms with van der Waals surface area (Å²) in [5.41, 5.74) is 1.12. The van der Waals surface area contributed by atoms with Gasteiger partial charge in [-0.2, -0.15) is 0 Å². The van der Waals surface area contributed by atoms with Crippen molar-refractivity contribution >= 4 is 29.9 Å². The zero-order valence-corrected chi connectivity index (χ0v) is 14.0. The number of halogens is 2. The third-order valence-electron chi connectivity index (χ3n) is 3.98. The Labute approximate surface area is 138 Å². The second-order valence-corrected chi connectivity index (χ2v) is 5.97. The maximum absolute atomic E-state index is 11.9. The van der Waals surface area contributed by atoms with E-state index in [0.717, 1.165) is 10.6 Å². The summed E-state index contributed by atoms with van der Waals surface area (Å²) in [6, 6.07) is 7.94. The van der Waals surface area contributed by atoms with Gasteiger partial charge in [-0.05, 0) is 43.5 Å². The lowest BCUT2D eigenvalue weighted by Gasteiger charge is -2.31. The number of nitrogens with one attached hydrogen (secondary N) is 2. The molecule has 1 atom stereocenters. The van der Waals surface area contributed by atoms with Gasteiger partial charge >= 0.3 is 0 Å².